The van der Waals surface area contributed by atoms with E-state index in [9.17, 15) is 22.0 Å². The van der Waals surface area contributed by atoms with Crippen molar-refractivity contribution >= 4 is 62.2 Å². The van der Waals surface area contributed by atoms with E-state index in [0.29, 0.717) is 16.4 Å². The number of anilines is 1. The van der Waals surface area contributed by atoms with E-state index in [1.165, 1.54) is 30.4 Å². The van der Waals surface area contributed by atoms with Crippen LogP contribution < -0.4 is 15.4 Å². The molecule has 2 aromatic carbocycles. The predicted molar refractivity (Wildman–Crippen MR) is 129 cm³/mol. The van der Waals surface area contributed by atoms with Gasteiger partial charge in [0.05, 0.1) is 4.90 Å². The standard InChI is InChI=1S/C21H25N3O5S3/c1-13(2)22-21(30)23-18-10-9-17(20(12-18)32(28,29)24-15(4)25)8-7-16-6-5-14(3)11-19(16)31(26)27/h5-13H,1-4H3,(H,24,25)(H,26,27)(H2,22,23,30)/p-1/b8-7+. The summed E-state index contributed by atoms with van der Waals surface area (Å²) in [5.74, 6) is -0.738. The molecule has 2 aromatic rings. The lowest BCUT2D eigenvalue weighted by molar-refractivity contribution is -0.117. The van der Waals surface area contributed by atoms with Gasteiger partial charge in [0.2, 0.25) is 5.91 Å². The number of hydrogen-bond acceptors (Lipinski definition) is 6. The Morgan fingerprint density at radius 2 is 1.75 bits per heavy atom. The van der Waals surface area contributed by atoms with Crippen LogP contribution in [0.2, 0.25) is 0 Å². The summed E-state index contributed by atoms with van der Waals surface area (Å²) in [7, 11) is -4.19. The van der Waals surface area contributed by atoms with Gasteiger partial charge in [0.15, 0.2) is 5.11 Å². The lowest BCUT2D eigenvalue weighted by atomic mass is 10.1. The Bertz CT molecular complexity index is 1190. The molecule has 0 bridgehead atoms. The number of aryl methyl sites for hydroxylation is 1. The zero-order chi connectivity index (χ0) is 24.1. The Kier molecular flexibility index (Phi) is 8.67. The van der Waals surface area contributed by atoms with Gasteiger partial charge in [0, 0.05) is 23.5 Å². The number of thiocarbonyl (C=S) groups is 1. The molecule has 3 N–H and O–H groups in total. The second-order valence-corrected chi connectivity index (χ2v) is 10.2. The largest absolute Gasteiger partial charge is 0.768 e. The highest BCUT2D eigenvalue weighted by Crippen LogP contribution is 2.24. The Hall–Kier alpha value is -2.60. The molecule has 0 saturated carbocycles. The average Bonchev–Trinajstić information content (AvgIpc) is 2.65. The van der Waals surface area contributed by atoms with Gasteiger partial charge in [-0.2, -0.15) is 0 Å². The van der Waals surface area contributed by atoms with E-state index in [1.54, 1.807) is 25.1 Å². The first-order valence-electron chi connectivity index (χ1n) is 9.52. The Labute approximate surface area is 195 Å². The van der Waals surface area contributed by atoms with Crippen LogP contribution in [0.3, 0.4) is 0 Å². The van der Waals surface area contributed by atoms with Crippen molar-refractivity contribution in [3.8, 4) is 0 Å². The molecule has 0 fully saturated rings. The van der Waals surface area contributed by atoms with E-state index in [0.717, 1.165) is 12.5 Å². The molecule has 0 aliphatic rings. The summed E-state index contributed by atoms with van der Waals surface area (Å²) >= 11 is 2.74. The summed E-state index contributed by atoms with van der Waals surface area (Å²) in [4.78, 5) is 11.4. The van der Waals surface area contributed by atoms with Crippen LogP contribution in [0.25, 0.3) is 12.2 Å². The fraction of sp³-hybridized carbons (Fsp3) is 0.238. The van der Waals surface area contributed by atoms with Crippen molar-refractivity contribution in [3.63, 3.8) is 0 Å². The van der Waals surface area contributed by atoms with Crippen molar-refractivity contribution in [3.05, 3.63) is 53.1 Å². The summed E-state index contributed by atoms with van der Waals surface area (Å²) in [6.07, 6.45) is 2.98. The summed E-state index contributed by atoms with van der Waals surface area (Å²) in [5.41, 5.74) is 1.84. The minimum Gasteiger partial charge on any atom is -0.768 e. The number of sulfonamides is 1. The normalized spacial score (nSPS) is 12.6. The van der Waals surface area contributed by atoms with Crippen LogP contribution in [0.5, 0.6) is 0 Å². The topological polar surface area (TPSA) is 127 Å². The molecule has 2 rings (SSSR count). The third kappa shape index (κ3) is 7.23. The Morgan fingerprint density at radius 1 is 1.12 bits per heavy atom. The second kappa shape index (κ2) is 10.8. The van der Waals surface area contributed by atoms with Crippen molar-refractivity contribution in [1.29, 1.82) is 0 Å². The van der Waals surface area contributed by atoms with Gasteiger partial charge in [-0.1, -0.05) is 30.4 Å². The Morgan fingerprint density at radius 3 is 2.34 bits per heavy atom. The zero-order valence-corrected chi connectivity index (χ0v) is 20.4. The molecule has 32 heavy (non-hydrogen) atoms. The average molecular weight is 495 g/mol. The van der Waals surface area contributed by atoms with Crippen molar-refractivity contribution in [2.24, 2.45) is 0 Å². The van der Waals surface area contributed by atoms with Gasteiger partial charge in [-0.05, 0) is 79.0 Å². The fourth-order valence-corrected chi connectivity index (χ4v) is 4.94. The smallest absolute Gasteiger partial charge is 0.264 e. The molecule has 0 aliphatic heterocycles. The minimum atomic E-state index is -4.19. The predicted octanol–water partition coefficient (Wildman–Crippen LogP) is 2.92. The summed E-state index contributed by atoms with van der Waals surface area (Å²) in [6, 6.07) is 9.49. The number of nitrogens with one attached hydrogen (secondary N) is 3. The molecule has 0 aromatic heterocycles. The molecular weight excluding hydrogens is 470 g/mol. The molecule has 8 nitrogen and oxygen atoms in total. The van der Waals surface area contributed by atoms with Crippen LogP contribution >= 0.6 is 12.2 Å². The lowest BCUT2D eigenvalue weighted by Crippen LogP contribution is -2.34. The van der Waals surface area contributed by atoms with Crippen LogP contribution in [0.1, 0.15) is 37.5 Å². The van der Waals surface area contributed by atoms with E-state index >= 15 is 0 Å². The van der Waals surface area contributed by atoms with Gasteiger partial charge in [-0.3, -0.25) is 9.00 Å². The van der Waals surface area contributed by atoms with Crippen LogP contribution in [0.4, 0.5) is 5.69 Å². The van der Waals surface area contributed by atoms with E-state index in [1.807, 2.05) is 18.6 Å². The first-order chi connectivity index (χ1) is 14.9. The first-order valence-corrected chi connectivity index (χ1v) is 12.5. The molecule has 0 heterocycles. The minimum absolute atomic E-state index is 0.0788. The maximum Gasteiger partial charge on any atom is 0.264 e. The Balaban J connectivity index is 2.52. The molecule has 0 aliphatic carbocycles. The molecule has 1 atom stereocenters. The molecule has 1 unspecified atom stereocenters. The molecule has 0 spiro atoms. The maximum absolute atomic E-state index is 12.8. The van der Waals surface area contributed by atoms with Gasteiger partial charge in [-0.15, -0.1) is 0 Å². The third-order valence-electron chi connectivity index (χ3n) is 4.05. The molecule has 0 radical (unpaired) electrons. The van der Waals surface area contributed by atoms with Crippen LogP contribution in [0.15, 0.2) is 46.2 Å². The number of benzene rings is 2. The second-order valence-electron chi connectivity index (χ2n) is 7.28. The highest BCUT2D eigenvalue weighted by atomic mass is 32.2. The van der Waals surface area contributed by atoms with Crippen molar-refractivity contribution in [2.75, 3.05) is 5.32 Å². The number of hydrogen-bond donors (Lipinski definition) is 3. The van der Waals surface area contributed by atoms with Crippen molar-refractivity contribution in [2.45, 2.75) is 43.5 Å². The molecule has 172 valence electrons. The lowest BCUT2D eigenvalue weighted by Gasteiger charge is -2.15. The van der Waals surface area contributed by atoms with Gasteiger partial charge < -0.3 is 15.2 Å². The number of carbonyl (C=O) groups excluding carboxylic acids is 1. The molecule has 0 saturated heterocycles. The zero-order valence-electron chi connectivity index (χ0n) is 18.0. The van der Waals surface area contributed by atoms with E-state index in [2.05, 4.69) is 10.6 Å². The first kappa shape index (κ1) is 25.7. The fourth-order valence-electron chi connectivity index (χ4n) is 2.76. The van der Waals surface area contributed by atoms with E-state index < -0.39 is 27.0 Å². The van der Waals surface area contributed by atoms with Crippen LogP contribution in [-0.4, -0.2) is 34.2 Å². The van der Waals surface area contributed by atoms with Crippen LogP contribution in [-0.2, 0) is 25.9 Å². The van der Waals surface area contributed by atoms with Gasteiger partial charge >= 0.3 is 0 Å². The van der Waals surface area contributed by atoms with Crippen molar-refractivity contribution in [1.82, 2.24) is 10.0 Å². The van der Waals surface area contributed by atoms with Crippen LogP contribution in [0, 0.1) is 6.92 Å². The SMILES string of the molecule is CC(=O)NS(=O)(=O)c1cc(NC(=S)NC(C)C)ccc1/C=C/c1ccc(C)cc1S(=O)[O-]. The highest BCUT2D eigenvalue weighted by Gasteiger charge is 2.20. The molecule has 11 heteroatoms. The van der Waals surface area contributed by atoms with Gasteiger partial charge in [-0.25, -0.2) is 13.1 Å². The third-order valence-corrected chi connectivity index (χ3v) is 6.47. The van der Waals surface area contributed by atoms with Gasteiger partial charge in [0.1, 0.15) is 0 Å². The number of carbonyl (C=O) groups is 1. The number of rotatable bonds is 7. The number of amides is 1. The highest BCUT2D eigenvalue weighted by molar-refractivity contribution is 7.90. The summed E-state index contributed by atoms with van der Waals surface area (Å²) in [6.45, 7) is 6.68. The van der Waals surface area contributed by atoms with E-state index in [-0.39, 0.29) is 21.4 Å². The maximum atomic E-state index is 12.8. The summed E-state index contributed by atoms with van der Waals surface area (Å²) < 4.78 is 50.6. The monoisotopic (exact) mass is 494 g/mol. The van der Waals surface area contributed by atoms with Gasteiger partial charge in [0.25, 0.3) is 10.0 Å². The van der Waals surface area contributed by atoms with Crippen molar-refractivity contribution < 1.29 is 22.0 Å². The molecular formula is C21H24N3O5S3-. The summed E-state index contributed by atoms with van der Waals surface area (Å²) in [5, 5.41) is 6.21. The molecule has 1 amide bonds. The van der Waals surface area contributed by atoms with E-state index in [4.69, 9.17) is 12.2 Å². The quantitative estimate of drug-likeness (QED) is 0.305.